The molecule has 1 fully saturated rings. The number of aryl methyl sites for hydroxylation is 1. The maximum atomic E-state index is 5.50. The average Bonchev–Trinajstić information content (AvgIpc) is 3.19. The van der Waals surface area contributed by atoms with Crippen LogP contribution in [0.2, 0.25) is 0 Å². The molecule has 4 rings (SSSR count). The molecule has 1 aliphatic heterocycles. The number of hydrogen-bond donors (Lipinski definition) is 0. The van der Waals surface area contributed by atoms with E-state index in [1.165, 1.54) is 21.7 Å². The van der Waals surface area contributed by atoms with E-state index < -0.39 is 0 Å². The smallest absolute Gasteiger partial charge is 0.241 e. The van der Waals surface area contributed by atoms with Gasteiger partial charge in [-0.1, -0.05) is 17.3 Å². The van der Waals surface area contributed by atoms with E-state index >= 15 is 0 Å². The molecule has 3 aromatic rings. The lowest BCUT2D eigenvalue weighted by molar-refractivity contribution is 0.215. The number of piperazine rings is 1. The Bertz CT molecular complexity index is 930. The van der Waals surface area contributed by atoms with Crippen LogP contribution in [0.25, 0.3) is 11.4 Å². The van der Waals surface area contributed by atoms with E-state index in [0.29, 0.717) is 18.3 Å². The molecule has 1 saturated heterocycles. The second-order valence-corrected chi connectivity index (χ2v) is 8.10. The molecule has 5 nitrogen and oxygen atoms in total. The van der Waals surface area contributed by atoms with Gasteiger partial charge >= 0.3 is 0 Å². The molecule has 0 saturated carbocycles. The maximum absolute atomic E-state index is 5.50. The van der Waals surface area contributed by atoms with Gasteiger partial charge in [-0.2, -0.15) is 4.98 Å². The summed E-state index contributed by atoms with van der Waals surface area (Å²) >= 11 is 1.73. The van der Waals surface area contributed by atoms with Gasteiger partial charge in [0.05, 0.1) is 6.54 Å². The fraction of sp³-hybridized carbons (Fsp3) is 0.364. The van der Waals surface area contributed by atoms with Gasteiger partial charge in [0.25, 0.3) is 0 Å². The van der Waals surface area contributed by atoms with E-state index in [4.69, 9.17) is 4.52 Å². The van der Waals surface area contributed by atoms with Crippen molar-refractivity contribution in [2.24, 2.45) is 0 Å². The molecule has 0 aliphatic carbocycles. The van der Waals surface area contributed by atoms with E-state index in [0.717, 1.165) is 31.7 Å². The zero-order valence-electron chi connectivity index (χ0n) is 16.7. The third-order valence-electron chi connectivity index (χ3n) is 5.46. The summed E-state index contributed by atoms with van der Waals surface area (Å²) in [5.74, 6) is 1.35. The molecule has 0 amide bonds. The summed E-state index contributed by atoms with van der Waals surface area (Å²) < 4.78 is 5.50. The lowest BCUT2D eigenvalue weighted by Gasteiger charge is -2.36. The summed E-state index contributed by atoms with van der Waals surface area (Å²) in [6.07, 6.45) is 2.07. The first-order valence-corrected chi connectivity index (χ1v) is 10.9. The summed E-state index contributed by atoms with van der Waals surface area (Å²) in [7, 11) is 0. The number of aromatic nitrogens is 2. The number of hydrogen-bond acceptors (Lipinski definition) is 6. The third kappa shape index (κ3) is 4.08. The number of rotatable bonds is 5. The summed E-state index contributed by atoms with van der Waals surface area (Å²) in [6.45, 7) is 9.11. The van der Waals surface area contributed by atoms with Crippen molar-refractivity contribution in [2.45, 2.75) is 25.3 Å². The average molecular weight is 395 g/mol. The minimum absolute atomic E-state index is 0.664. The highest BCUT2D eigenvalue weighted by atomic mass is 32.2. The molecule has 2 aromatic carbocycles. The lowest BCUT2D eigenvalue weighted by Crippen LogP contribution is -2.46. The van der Waals surface area contributed by atoms with Crippen LogP contribution in [0.1, 0.15) is 17.0 Å². The van der Waals surface area contributed by atoms with E-state index in [1.54, 1.807) is 11.8 Å². The molecular formula is C22H26N4OS. The molecule has 0 unspecified atom stereocenters. The summed E-state index contributed by atoms with van der Waals surface area (Å²) in [6, 6.07) is 14.8. The largest absolute Gasteiger partial charge is 0.369 e. The van der Waals surface area contributed by atoms with Crippen molar-refractivity contribution in [2.75, 3.05) is 37.3 Å². The molecule has 0 spiro atoms. The highest BCUT2D eigenvalue weighted by Crippen LogP contribution is 2.25. The van der Waals surface area contributed by atoms with Crippen molar-refractivity contribution in [1.82, 2.24) is 15.0 Å². The number of thioether (sulfide) groups is 1. The molecule has 0 bridgehead atoms. The molecular weight excluding hydrogens is 368 g/mol. The van der Waals surface area contributed by atoms with Crippen LogP contribution >= 0.6 is 11.8 Å². The van der Waals surface area contributed by atoms with Crippen molar-refractivity contribution >= 4 is 17.4 Å². The first-order chi connectivity index (χ1) is 13.6. The first-order valence-electron chi connectivity index (χ1n) is 9.64. The van der Waals surface area contributed by atoms with E-state index in [9.17, 15) is 0 Å². The molecule has 1 aromatic heterocycles. The van der Waals surface area contributed by atoms with Crippen molar-refractivity contribution in [1.29, 1.82) is 0 Å². The van der Waals surface area contributed by atoms with Gasteiger partial charge in [0.1, 0.15) is 0 Å². The van der Waals surface area contributed by atoms with Crippen molar-refractivity contribution in [3.8, 4) is 11.4 Å². The lowest BCUT2D eigenvalue weighted by atomic mass is 10.1. The standard InChI is InChI=1S/C22H26N4OS/c1-16-5-4-6-20(17(16)2)26-13-11-25(12-14-26)15-21-23-22(24-27-21)18-7-9-19(28-3)10-8-18/h4-10H,11-15H2,1-3H3. The van der Waals surface area contributed by atoms with Gasteiger partial charge in [-0.05, 0) is 61.6 Å². The van der Waals surface area contributed by atoms with Gasteiger partial charge in [-0.15, -0.1) is 11.8 Å². The molecule has 0 radical (unpaired) electrons. The van der Waals surface area contributed by atoms with Crippen LogP contribution in [-0.2, 0) is 6.54 Å². The number of benzene rings is 2. The van der Waals surface area contributed by atoms with Crippen LogP contribution in [0.15, 0.2) is 51.9 Å². The molecule has 2 heterocycles. The van der Waals surface area contributed by atoms with Gasteiger partial charge in [0.2, 0.25) is 11.7 Å². The zero-order chi connectivity index (χ0) is 19.5. The zero-order valence-corrected chi connectivity index (χ0v) is 17.5. The van der Waals surface area contributed by atoms with E-state index in [2.05, 4.69) is 70.4 Å². The van der Waals surface area contributed by atoms with Gasteiger partial charge in [-0.3, -0.25) is 4.90 Å². The minimum Gasteiger partial charge on any atom is -0.369 e. The van der Waals surface area contributed by atoms with Crippen LogP contribution in [-0.4, -0.2) is 47.5 Å². The van der Waals surface area contributed by atoms with Crippen LogP contribution in [0.3, 0.4) is 0 Å². The molecule has 0 atom stereocenters. The predicted molar refractivity (Wildman–Crippen MR) is 115 cm³/mol. The molecule has 28 heavy (non-hydrogen) atoms. The van der Waals surface area contributed by atoms with Gasteiger partial charge in [-0.25, -0.2) is 0 Å². The summed E-state index contributed by atoms with van der Waals surface area (Å²) in [5.41, 5.74) is 5.08. The Hall–Kier alpha value is -2.31. The number of anilines is 1. The topological polar surface area (TPSA) is 45.4 Å². The van der Waals surface area contributed by atoms with Crippen LogP contribution < -0.4 is 4.90 Å². The van der Waals surface area contributed by atoms with E-state index in [-0.39, 0.29) is 0 Å². The predicted octanol–water partition coefficient (Wildman–Crippen LogP) is 4.40. The Labute approximate surface area is 170 Å². The summed E-state index contributed by atoms with van der Waals surface area (Å²) in [4.78, 5) is 10.7. The maximum Gasteiger partial charge on any atom is 0.241 e. The number of nitrogens with zero attached hydrogens (tertiary/aromatic N) is 4. The molecule has 1 aliphatic rings. The quantitative estimate of drug-likeness (QED) is 0.598. The van der Waals surface area contributed by atoms with Gasteiger partial charge in [0.15, 0.2) is 0 Å². The monoisotopic (exact) mass is 394 g/mol. The highest BCUT2D eigenvalue weighted by molar-refractivity contribution is 7.98. The molecule has 146 valence electrons. The van der Waals surface area contributed by atoms with Crippen LogP contribution in [0.5, 0.6) is 0 Å². The second kappa shape index (κ2) is 8.37. The SMILES string of the molecule is CSc1ccc(-c2noc(CN3CCN(c4cccc(C)c4C)CC3)n2)cc1. The summed E-state index contributed by atoms with van der Waals surface area (Å²) in [5, 5.41) is 4.16. The fourth-order valence-electron chi connectivity index (χ4n) is 3.59. The second-order valence-electron chi connectivity index (χ2n) is 7.22. The highest BCUT2D eigenvalue weighted by Gasteiger charge is 2.21. The van der Waals surface area contributed by atoms with E-state index in [1.807, 2.05) is 12.1 Å². The fourth-order valence-corrected chi connectivity index (χ4v) is 4.00. The first kappa shape index (κ1) is 19.0. The van der Waals surface area contributed by atoms with Gasteiger partial charge in [0, 0.05) is 42.3 Å². The Morgan fingerprint density at radius 2 is 1.75 bits per heavy atom. The Kier molecular flexibility index (Phi) is 5.69. The van der Waals surface area contributed by atoms with Crippen molar-refractivity contribution in [3.05, 3.63) is 59.5 Å². The van der Waals surface area contributed by atoms with Crippen LogP contribution in [0, 0.1) is 13.8 Å². The third-order valence-corrected chi connectivity index (χ3v) is 6.21. The van der Waals surface area contributed by atoms with Gasteiger partial charge < -0.3 is 9.42 Å². The molecule has 0 N–H and O–H groups in total. The minimum atomic E-state index is 0.664. The Morgan fingerprint density at radius 3 is 2.46 bits per heavy atom. The van der Waals surface area contributed by atoms with Crippen molar-refractivity contribution < 1.29 is 4.52 Å². The Morgan fingerprint density at radius 1 is 1.00 bits per heavy atom. The van der Waals surface area contributed by atoms with Crippen molar-refractivity contribution in [3.63, 3.8) is 0 Å². The van der Waals surface area contributed by atoms with Crippen LogP contribution in [0.4, 0.5) is 5.69 Å². The normalized spacial score (nSPS) is 15.2. The Balaban J connectivity index is 1.36. The molecule has 6 heteroatoms.